The van der Waals surface area contributed by atoms with Crippen molar-refractivity contribution in [3.8, 4) is 0 Å². The molecule has 0 radical (unpaired) electrons. The Kier molecular flexibility index (Phi) is 3.64. The van der Waals surface area contributed by atoms with Crippen LogP contribution in [0.1, 0.15) is 19.5 Å². The van der Waals surface area contributed by atoms with Gasteiger partial charge in [0.15, 0.2) is 0 Å². The van der Waals surface area contributed by atoms with E-state index in [-0.39, 0.29) is 12.3 Å². The summed E-state index contributed by atoms with van der Waals surface area (Å²) in [6.07, 6.45) is 0.136. The van der Waals surface area contributed by atoms with Gasteiger partial charge in [0.25, 0.3) is 0 Å². The van der Waals surface area contributed by atoms with Crippen molar-refractivity contribution in [1.29, 1.82) is 0 Å². The van der Waals surface area contributed by atoms with E-state index in [0.29, 0.717) is 5.69 Å². The molecule has 0 saturated heterocycles. The Bertz CT molecular complexity index is 387. The van der Waals surface area contributed by atoms with Crippen molar-refractivity contribution in [1.82, 2.24) is 9.88 Å². The van der Waals surface area contributed by atoms with Gasteiger partial charge in [0.2, 0.25) is 5.91 Å². The van der Waals surface area contributed by atoms with E-state index < -0.39 is 11.5 Å². The first-order valence-electron chi connectivity index (χ1n) is 4.73. The van der Waals surface area contributed by atoms with Gasteiger partial charge < -0.3 is 10.0 Å². The van der Waals surface area contributed by atoms with Gasteiger partial charge in [-0.2, -0.15) is 0 Å². The van der Waals surface area contributed by atoms with Crippen molar-refractivity contribution in [2.24, 2.45) is 0 Å². The van der Waals surface area contributed by atoms with Gasteiger partial charge in [-0.3, -0.25) is 4.79 Å². The number of rotatable bonds is 4. The molecule has 1 N–H and O–H groups in total. The van der Waals surface area contributed by atoms with Gasteiger partial charge in [-0.1, -0.05) is 0 Å². The Balaban J connectivity index is 2.71. The Morgan fingerprint density at radius 1 is 1.56 bits per heavy atom. The van der Waals surface area contributed by atoms with Crippen LogP contribution in [0, 0.1) is 0 Å². The summed E-state index contributed by atoms with van der Waals surface area (Å²) in [5, 5.41) is 10.8. The Morgan fingerprint density at radius 3 is 2.62 bits per heavy atom. The Hall–Kier alpha value is -1.43. The average molecular weight is 242 g/mol. The number of carboxylic acids is 1. The van der Waals surface area contributed by atoms with Gasteiger partial charge in [0.05, 0.1) is 17.6 Å². The highest BCUT2D eigenvalue weighted by Crippen LogP contribution is 2.14. The molecule has 0 aliphatic carbocycles. The number of likely N-dealkylation sites (N-methyl/N-ethyl adjacent to an activating group) is 1. The number of carbonyl (C=O) groups excluding carboxylic acids is 1. The second-order valence-corrected chi connectivity index (χ2v) is 4.69. The summed E-state index contributed by atoms with van der Waals surface area (Å²) < 4.78 is 0. The van der Waals surface area contributed by atoms with Crippen LogP contribution in [-0.4, -0.2) is 39.5 Å². The van der Waals surface area contributed by atoms with E-state index in [1.165, 1.54) is 37.1 Å². The van der Waals surface area contributed by atoms with Crippen LogP contribution in [0.15, 0.2) is 10.9 Å². The lowest BCUT2D eigenvalue weighted by atomic mass is 10.0. The summed E-state index contributed by atoms with van der Waals surface area (Å²) >= 11 is 1.41. The molecule has 0 atom stereocenters. The van der Waals surface area contributed by atoms with Gasteiger partial charge >= 0.3 is 5.97 Å². The molecule has 1 aromatic rings. The fourth-order valence-corrected chi connectivity index (χ4v) is 1.61. The standard InChI is InChI=1S/C10H14N2O3S/c1-10(2,9(14)15)12(3)8(13)4-7-5-16-6-11-7/h5-6H,4H2,1-3H3,(H,14,15). The quantitative estimate of drug-likeness (QED) is 0.855. The summed E-state index contributed by atoms with van der Waals surface area (Å²) in [4.78, 5) is 28.0. The summed E-state index contributed by atoms with van der Waals surface area (Å²) in [6, 6.07) is 0. The van der Waals surface area contributed by atoms with E-state index >= 15 is 0 Å². The zero-order valence-electron chi connectivity index (χ0n) is 9.43. The van der Waals surface area contributed by atoms with E-state index in [1.54, 1.807) is 10.9 Å². The number of aliphatic carboxylic acids is 1. The predicted octanol–water partition coefficient (Wildman–Crippen LogP) is 1.01. The normalized spacial score (nSPS) is 11.2. The molecule has 1 rings (SSSR count). The molecular weight excluding hydrogens is 228 g/mol. The maximum absolute atomic E-state index is 11.8. The minimum Gasteiger partial charge on any atom is -0.480 e. The van der Waals surface area contributed by atoms with Crippen LogP contribution >= 0.6 is 11.3 Å². The van der Waals surface area contributed by atoms with E-state index in [1.807, 2.05) is 0 Å². The van der Waals surface area contributed by atoms with Crippen molar-refractivity contribution >= 4 is 23.2 Å². The molecule has 0 aliphatic heterocycles. The second-order valence-electron chi connectivity index (χ2n) is 3.97. The predicted molar refractivity (Wildman–Crippen MR) is 60.3 cm³/mol. The molecular formula is C10H14N2O3S. The first kappa shape index (κ1) is 12.6. The zero-order valence-corrected chi connectivity index (χ0v) is 10.2. The van der Waals surface area contributed by atoms with E-state index in [4.69, 9.17) is 5.11 Å². The first-order valence-corrected chi connectivity index (χ1v) is 5.67. The number of hydrogen-bond acceptors (Lipinski definition) is 4. The van der Waals surface area contributed by atoms with Crippen LogP contribution in [0.3, 0.4) is 0 Å². The van der Waals surface area contributed by atoms with Gasteiger partial charge in [0, 0.05) is 12.4 Å². The highest BCUT2D eigenvalue weighted by atomic mass is 32.1. The SMILES string of the molecule is CN(C(=O)Cc1cscn1)C(C)(C)C(=O)O. The summed E-state index contributed by atoms with van der Waals surface area (Å²) in [5.41, 5.74) is 1.11. The van der Waals surface area contributed by atoms with E-state index in [9.17, 15) is 9.59 Å². The largest absolute Gasteiger partial charge is 0.480 e. The molecule has 1 heterocycles. The third kappa shape index (κ3) is 2.57. The fraction of sp³-hybridized carbons (Fsp3) is 0.500. The number of amides is 1. The maximum atomic E-state index is 11.8. The Morgan fingerprint density at radius 2 is 2.19 bits per heavy atom. The molecule has 0 aromatic carbocycles. The molecule has 16 heavy (non-hydrogen) atoms. The van der Waals surface area contributed by atoms with Crippen molar-refractivity contribution in [3.63, 3.8) is 0 Å². The van der Waals surface area contributed by atoms with Crippen LogP contribution in [0.25, 0.3) is 0 Å². The van der Waals surface area contributed by atoms with Crippen molar-refractivity contribution in [3.05, 3.63) is 16.6 Å². The lowest BCUT2D eigenvalue weighted by Crippen LogP contribution is -2.51. The molecule has 5 nitrogen and oxygen atoms in total. The Labute approximate surface area is 97.7 Å². The lowest BCUT2D eigenvalue weighted by molar-refractivity contribution is -0.155. The third-order valence-electron chi connectivity index (χ3n) is 2.55. The van der Waals surface area contributed by atoms with E-state index in [2.05, 4.69) is 4.98 Å². The van der Waals surface area contributed by atoms with E-state index in [0.717, 1.165) is 0 Å². The van der Waals surface area contributed by atoms with Crippen LogP contribution < -0.4 is 0 Å². The molecule has 1 amide bonds. The fourth-order valence-electron chi connectivity index (χ4n) is 1.05. The number of hydrogen-bond donors (Lipinski definition) is 1. The van der Waals surface area contributed by atoms with Crippen LogP contribution in [0.2, 0.25) is 0 Å². The van der Waals surface area contributed by atoms with Gasteiger partial charge in [-0.15, -0.1) is 11.3 Å². The molecule has 0 unspecified atom stereocenters. The van der Waals surface area contributed by atoms with Gasteiger partial charge in [0.1, 0.15) is 5.54 Å². The lowest BCUT2D eigenvalue weighted by Gasteiger charge is -2.31. The average Bonchev–Trinajstić information content (AvgIpc) is 2.68. The summed E-state index contributed by atoms with van der Waals surface area (Å²) in [7, 11) is 1.49. The number of nitrogens with zero attached hydrogens (tertiary/aromatic N) is 2. The van der Waals surface area contributed by atoms with Gasteiger partial charge in [-0.25, -0.2) is 9.78 Å². The minimum absolute atomic E-state index is 0.136. The monoisotopic (exact) mass is 242 g/mol. The zero-order chi connectivity index (χ0) is 12.3. The van der Waals surface area contributed by atoms with Crippen molar-refractivity contribution in [2.45, 2.75) is 25.8 Å². The molecule has 0 bridgehead atoms. The second kappa shape index (κ2) is 4.61. The van der Waals surface area contributed by atoms with Crippen LogP contribution in [0.4, 0.5) is 0 Å². The third-order valence-corrected chi connectivity index (χ3v) is 3.19. The number of aromatic nitrogens is 1. The molecule has 88 valence electrons. The molecule has 6 heteroatoms. The number of carboxylic acid groups (broad SMARTS) is 1. The first-order chi connectivity index (χ1) is 7.35. The van der Waals surface area contributed by atoms with Crippen LogP contribution in [0.5, 0.6) is 0 Å². The van der Waals surface area contributed by atoms with Crippen molar-refractivity contribution < 1.29 is 14.7 Å². The van der Waals surface area contributed by atoms with Crippen LogP contribution in [-0.2, 0) is 16.0 Å². The minimum atomic E-state index is -1.20. The topological polar surface area (TPSA) is 70.5 Å². The summed E-state index contributed by atoms with van der Waals surface area (Å²) in [6.45, 7) is 2.99. The number of thiazole rings is 1. The number of carbonyl (C=O) groups is 2. The molecule has 1 aromatic heterocycles. The highest BCUT2D eigenvalue weighted by molar-refractivity contribution is 7.07. The molecule has 0 aliphatic rings. The van der Waals surface area contributed by atoms with Gasteiger partial charge in [-0.05, 0) is 13.8 Å². The smallest absolute Gasteiger partial charge is 0.329 e. The molecule has 0 saturated carbocycles. The summed E-state index contributed by atoms with van der Waals surface area (Å²) in [5.74, 6) is -1.28. The molecule has 0 spiro atoms. The molecule has 0 fully saturated rings. The van der Waals surface area contributed by atoms with Crippen molar-refractivity contribution in [2.75, 3.05) is 7.05 Å². The highest BCUT2D eigenvalue weighted by Gasteiger charge is 2.35. The maximum Gasteiger partial charge on any atom is 0.329 e.